The zero-order valence-electron chi connectivity index (χ0n) is 19.0. The number of rotatable bonds is 8. The van der Waals surface area contributed by atoms with Gasteiger partial charge in [-0.15, -0.1) is 0 Å². The lowest BCUT2D eigenvalue weighted by Gasteiger charge is -2.35. The van der Waals surface area contributed by atoms with Crippen LogP contribution in [0.3, 0.4) is 0 Å². The predicted octanol–water partition coefficient (Wildman–Crippen LogP) is 5.30. The van der Waals surface area contributed by atoms with Gasteiger partial charge in [0.05, 0.1) is 18.2 Å². The van der Waals surface area contributed by atoms with Crippen molar-refractivity contribution in [1.82, 2.24) is 10.2 Å². The molecule has 0 aromatic heterocycles. The van der Waals surface area contributed by atoms with Crippen molar-refractivity contribution in [2.24, 2.45) is 0 Å². The average molecular weight is 470 g/mol. The van der Waals surface area contributed by atoms with Crippen LogP contribution in [-0.4, -0.2) is 36.0 Å². The molecule has 0 bridgehead atoms. The fraction of sp³-hybridized carbons (Fsp3) is 0.320. The summed E-state index contributed by atoms with van der Waals surface area (Å²) in [5, 5.41) is 6.31. The van der Waals surface area contributed by atoms with Crippen LogP contribution in [0.5, 0.6) is 0 Å². The van der Waals surface area contributed by atoms with Gasteiger partial charge in [0.2, 0.25) is 0 Å². The number of carbonyl (C=O) groups is 3. The monoisotopic (exact) mass is 469 g/mol. The Labute approximate surface area is 198 Å². The van der Waals surface area contributed by atoms with Crippen LogP contribution in [0.15, 0.2) is 59.8 Å². The third-order valence-corrected chi connectivity index (χ3v) is 5.69. The van der Waals surface area contributed by atoms with Crippen LogP contribution >= 0.6 is 11.6 Å². The van der Waals surface area contributed by atoms with E-state index in [0.29, 0.717) is 39.7 Å². The fourth-order valence-corrected chi connectivity index (χ4v) is 3.78. The molecule has 8 heteroatoms. The first-order chi connectivity index (χ1) is 15.8. The lowest BCUT2D eigenvalue weighted by Crippen LogP contribution is -2.48. The lowest BCUT2D eigenvalue weighted by atomic mass is 9.94. The summed E-state index contributed by atoms with van der Waals surface area (Å²) in [4.78, 5) is 39.6. The van der Waals surface area contributed by atoms with Gasteiger partial charge in [-0.05, 0) is 62.2 Å². The Balaban J connectivity index is 1.84. The molecule has 1 aliphatic rings. The van der Waals surface area contributed by atoms with Crippen LogP contribution < -0.4 is 10.6 Å². The number of unbranched alkanes of at least 4 members (excludes halogenated alkanes) is 1. The van der Waals surface area contributed by atoms with Crippen LogP contribution in [0.4, 0.5) is 10.5 Å². The van der Waals surface area contributed by atoms with Crippen molar-refractivity contribution in [3.05, 3.63) is 76.0 Å². The molecule has 3 rings (SSSR count). The first-order valence-corrected chi connectivity index (χ1v) is 11.4. The predicted molar refractivity (Wildman–Crippen MR) is 128 cm³/mol. The van der Waals surface area contributed by atoms with Crippen molar-refractivity contribution in [3.8, 4) is 0 Å². The van der Waals surface area contributed by atoms with Gasteiger partial charge < -0.3 is 15.4 Å². The number of anilines is 1. The Hall–Kier alpha value is -3.32. The minimum Gasteiger partial charge on any atom is -0.463 e. The summed E-state index contributed by atoms with van der Waals surface area (Å²) in [6, 6.07) is 12.7. The van der Waals surface area contributed by atoms with Crippen LogP contribution in [0.1, 0.15) is 55.6 Å². The van der Waals surface area contributed by atoms with E-state index in [-0.39, 0.29) is 18.5 Å². The zero-order valence-corrected chi connectivity index (χ0v) is 19.7. The molecule has 33 heavy (non-hydrogen) atoms. The summed E-state index contributed by atoms with van der Waals surface area (Å²) in [5.41, 5.74) is 2.79. The van der Waals surface area contributed by atoms with Gasteiger partial charge in [0.25, 0.3) is 5.91 Å². The maximum atomic E-state index is 12.8. The second-order valence-electron chi connectivity index (χ2n) is 7.69. The quantitative estimate of drug-likeness (QED) is 0.514. The van der Waals surface area contributed by atoms with Crippen LogP contribution in [0.25, 0.3) is 0 Å². The number of ether oxygens (including phenoxy) is 1. The highest BCUT2D eigenvalue weighted by molar-refractivity contribution is 6.30. The molecule has 2 aromatic carbocycles. The molecule has 0 saturated carbocycles. The molecule has 1 atom stereocenters. The number of amides is 3. The fourth-order valence-electron chi connectivity index (χ4n) is 3.65. The molecule has 1 aliphatic heterocycles. The minimum absolute atomic E-state index is 0.237. The van der Waals surface area contributed by atoms with Crippen molar-refractivity contribution in [2.75, 3.05) is 18.5 Å². The molecule has 0 saturated heterocycles. The molecule has 0 aliphatic carbocycles. The molecule has 174 valence electrons. The van der Waals surface area contributed by atoms with E-state index in [0.717, 1.165) is 12.8 Å². The first-order valence-electron chi connectivity index (χ1n) is 11.0. The minimum atomic E-state index is -0.643. The lowest BCUT2D eigenvalue weighted by molar-refractivity contribution is -0.139. The van der Waals surface area contributed by atoms with E-state index >= 15 is 0 Å². The van der Waals surface area contributed by atoms with Gasteiger partial charge >= 0.3 is 12.0 Å². The Morgan fingerprint density at radius 2 is 1.76 bits per heavy atom. The largest absolute Gasteiger partial charge is 0.463 e. The molecule has 7 nitrogen and oxygen atoms in total. The van der Waals surface area contributed by atoms with E-state index in [2.05, 4.69) is 10.6 Å². The van der Waals surface area contributed by atoms with E-state index in [1.54, 1.807) is 67.3 Å². The van der Waals surface area contributed by atoms with Gasteiger partial charge in [-0.3, -0.25) is 9.69 Å². The number of nitrogens with one attached hydrogen (secondary N) is 2. The maximum absolute atomic E-state index is 12.8. The summed E-state index contributed by atoms with van der Waals surface area (Å²) >= 11 is 5.87. The standard InChI is InChI=1S/C25H28ClN3O4/c1-4-6-15-29-16(3)21(24(31)33-5-2)22(28-25(29)32)17-9-13-20(14-10-17)27-23(30)18-7-11-19(26)12-8-18/h7-14,22H,4-6,15H2,1-3H3,(H,27,30)(H,28,32). The van der Waals surface area contributed by atoms with Crippen molar-refractivity contribution in [1.29, 1.82) is 0 Å². The van der Waals surface area contributed by atoms with Gasteiger partial charge in [0.1, 0.15) is 0 Å². The molecule has 2 N–H and O–H groups in total. The number of halogens is 1. The molecule has 1 unspecified atom stereocenters. The number of hydrogen-bond acceptors (Lipinski definition) is 4. The summed E-state index contributed by atoms with van der Waals surface area (Å²) < 4.78 is 5.28. The third-order valence-electron chi connectivity index (χ3n) is 5.44. The van der Waals surface area contributed by atoms with E-state index in [1.165, 1.54) is 0 Å². The van der Waals surface area contributed by atoms with Crippen molar-refractivity contribution in [3.63, 3.8) is 0 Å². The normalized spacial score (nSPS) is 15.8. The molecule has 0 fully saturated rings. The highest BCUT2D eigenvalue weighted by Gasteiger charge is 2.36. The third kappa shape index (κ3) is 5.73. The number of benzene rings is 2. The van der Waals surface area contributed by atoms with E-state index in [1.807, 2.05) is 6.92 Å². The Bertz CT molecular complexity index is 1050. The van der Waals surface area contributed by atoms with Crippen molar-refractivity contribution in [2.45, 2.75) is 39.7 Å². The summed E-state index contributed by atoms with van der Waals surface area (Å²) in [5.74, 6) is -0.721. The van der Waals surface area contributed by atoms with Gasteiger partial charge in [0, 0.05) is 28.5 Å². The molecule has 3 amide bonds. The van der Waals surface area contributed by atoms with E-state index < -0.39 is 12.0 Å². The first kappa shape index (κ1) is 24.3. The number of nitrogens with zero attached hydrogens (tertiary/aromatic N) is 1. The van der Waals surface area contributed by atoms with Gasteiger partial charge in [-0.2, -0.15) is 0 Å². The molecular formula is C25H28ClN3O4. The van der Waals surface area contributed by atoms with Crippen LogP contribution in [0.2, 0.25) is 5.02 Å². The highest BCUT2D eigenvalue weighted by Crippen LogP contribution is 2.32. The van der Waals surface area contributed by atoms with Crippen LogP contribution in [-0.2, 0) is 9.53 Å². The van der Waals surface area contributed by atoms with E-state index in [4.69, 9.17) is 16.3 Å². The van der Waals surface area contributed by atoms with E-state index in [9.17, 15) is 14.4 Å². The molecule has 2 aromatic rings. The molecule has 1 heterocycles. The number of hydrogen-bond donors (Lipinski definition) is 2. The summed E-state index contributed by atoms with van der Waals surface area (Å²) in [6.07, 6.45) is 1.76. The Morgan fingerprint density at radius 1 is 1.09 bits per heavy atom. The number of esters is 1. The smallest absolute Gasteiger partial charge is 0.338 e. The Morgan fingerprint density at radius 3 is 2.36 bits per heavy atom. The second kappa shape index (κ2) is 11.0. The highest BCUT2D eigenvalue weighted by atomic mass is 35.5. The molecule has 0 radical (unpaired) electrons. The Kier molecular flexibility index (Phi) is 8.11. The molecular weight excluding hydrogens is 442 g/mol. The number of allylic oxidation sites excluding steroid dienone is 1. The van der Waals surface area contributed by atoms with Crippen LogP contribution in [0, 0.1) is 0 Å². The number of urea groups is 1. The van der Waals surface area contributed by atoms with Crippen molar-refractivity contribution >= 4 is 35.2 Å². The molecule has 0 spiro atoms. The maximum Gasteiger partial charge on any atom is 0.338 e. The summed E-state index contributed by atoms with van der Waals surface area (Å²) in [6.45, 7) is 6.33. The SMILES string of the molecule is CCCCN1C(=O)NC(c2ccc(NC(=O)c3ccc(Cl)cc3)cc2)C(C(=O)OCC)=C1C. The van der Waals surface area contributed by atoms with Gasteiger partial charge in [-0.1, -0.05) is 37.1 Å². The zero-order chi connectivity index (χ0) is 24.0. The summed E-state index contributed by atoms with van der Waals surface area (Å²) in [7, 11) is 0. The number of carbonyl (C=O) groups excluding carboxylic acids is 3. The van der Waals surface area contributed by atoms with Gasteiger partial charge in [0.15, 0.2) is 0 Å². The topological polar surface area (TPSA) is 87.7 Å². The average Bonchev–Trinajstić information content (AvgIpc) is 2.79. The second-order valence-corrected chi connectivity index (χ2v) is 8.13. The van der Waals surface area contributed by atoms with Gasteiger partial charge in [-0.25, -0.2) is 9.59 Å². The van der Waals surface area contributed by atoms with Crippen molar-refractivity contribution < 1.29 is 19.1 Å².